The number of hydrogen-bond donors (Lipinski definition) is 7. The largest absolute Gasteiger partial charge is 0.394 e. The van der Waals surface area contributed by atoms with Crippen molar-refractivity contribution in [3.05, 3.63) is 11.6 Å². The molecular weight excluding hydrogens is 428 g/mol. The highest BCUT2D eigenvalue weighted by atomic mass is 16.7. The van der Waals surface area contributed by atoms with E-state index in [9.17, 15) is 35.7 Å². The molecule has 0 aromatic rings. The van der Waals surface area contributed by atoms with Crippen LogP contribution >= 0.6 is 0 Å². The summed E-state index contributed by atoms with van der Waals surface area (Å²) in [7, 11) is 0. The molecule has 2 aliphatic rings. The van der Waals surface area contributed by atoms with Gasteiger partial charge in [-0.3, -0.25) is 0 Å². The van der Waals surface area contributed by atoms with Crippen LogP contribution in [0.4, 0.5) is 0 Å². The Morgan fingerprint density at radius 3 is 1.91 bits per heavy atom. The maximum absolute atomic E-state index is 10.3. The van der Waals surface area contributed by atoms with Gasteiger partial charge in [0.05, 0.1) is 18.8 Å². The van der Waals surface area contributed by atoms with Gasteiger partial charge in [0.15, 0.2) is 12.6 Å². The van der Waals surface area contributed by atoms with Crippen LogP contribution in [0.2, 0.25) is 0 Å². The van der Waals surface area contributed by atoms with Crippen LogP contribution in [-0.4, -0.2) is 116 Å². The van der Waals surface area contributed by atoms with E-state index >= 15 is 0 Å². The molecule has 0 radical (unpaired) electrons. The zero-order valence-corrected chi connectivity index (χ0v) is 18.9. The maximum atomic E-state index is 10.3. The van der Waals surface area contributed by atoms with Crippen LogP contribution in [0.3, 0.4) is 0 Å². The molecule has 0 saturated carbocycles. The van der Waals surface area contributed by atoms with Crippen molar-refractivity contribution in [3.63, 3.8) is 0 Å². The molecule has 11 heteroatoms. The van der Waals surface area contributed by atoms with Crippen molar-refractivity contribution in [1.29, 1.82) is 0 Å². The minimum Gasteiger partial charge on any atom is -0.394 e. The highest BCUT2D eigenvalue weighted by molar-refractivity contribution is 4.95. The van der Waals surface area contributed by atoms with Gasteiger partial charge in [-0.15, -0.1) is 0 Å². The average molecular weight is 467 g/mol. The van der Waals surface area contributed by atoms with E-state index < -0.39 is 80.2 Å². The average Bonchev–Trinajstić information content (AvgIpc) is 2.72. The summed E-state index contributed by atoms with van der Waals surface area (Å²) in [6, 6.07) is 0. The molecule has 32 heavy (non-hydrogen) atoms. The summed E-state index contributed by atoms with van der Waals surface area (Å²) in [6.45, 7) is 6.60. The predicted molar refractivity (Wildman–Crippen MR) is 110 cm³/mol. The van der Waals surface area contributed by atoms with E-state index in [1.54, 1.807) is 0 Å². The fourth-order valence-corrected chi connectivity index (χ4v) is 3.63. The van der Waals surface area contributed by atoms with E-state index in [1.165, 1.54) is 5.57 Å². The smallest absolute Gasteiger partial charge is 0.187 e. The summed E-state index contributed by atoms with van der Waals surface area (Å²) >= 11 is 0. The molecule has 2 aliphatic heterocycles. The van der Waals surface area contributed by atoms with Gasteiger partial charge in [-0.1, -0.05) is 11.6 Å². The Hall–Kier alpha value is -0.700. The van der Waals surface area contributed by atoms with E-state index in [4.69, 9.17) is 18.9 Å². The normalized spacial score (nSPS) is 40.8. The molecule has 10 atom stereocenters. The van der Waals surface area contributed by atoms with Crippen LogP contribution in [0.15, 0.2) is 11.6 Å². The summed E-state index contributed by atoms with van der Waals surface area (Å²) in [5.74, 6) is 0. The second kappa shape index (κ2) is 11.6. The van der Waals surface area contributed by atoms with Gasteiger partial charge in [-0.05, 0) is 40.5 Å². The second-order valence-corrected chi connectivity index (χ2v) is 9.24. The zero-order chi connectivity index (χ0) is 24.2. The van der Waals surface area contributed by atoms with Crippen molar-refractivity contribution in [2.45, 2.75) is 108 Å². The van der Waals surface area contributed by atoms with Crippen molar-refractivity contribution >= 4 is 0 Å². The van der Waals surface area contributed by atoms with Gasteiger partial charge in [0, 0.05) is 0 Å². The number of aliphatic hydroxyl groups excluding tert-OH is 7. The molecule has 10 unspecified atom stereocenters. The number of ether oxygens (including phenoxy) is 4. The Morgan fingerprint density at radius 2 is 1.34 bits per heavy atom. The Balaban J connectivity index is 2.00. The summed E-state index contributed by atoms with van der Waals surface area (Å²) in [6.07, 6.45) is -10.9. The van der Waals surface area contributed by atoms with E-state index in [2.05, 4.69) is 6.08 Å². The molecule has 188 valence electrons. The van der Waals surface area contributed by atoms with E-state index in [1.807, 2.05) is 27.7 Å². The second-order valence-electron chi connectivity index (χ2n) is 9.24. The first-order valence-electron chi connectivity index (χ1n) is 10.8. The van der Waals surface area contributed by atoms with Crippen LogP contribution in [0.5, 0.6) is 0 Å². The third-order valence-corrected chi connectivity index (χ3v) is 5.68. The maximum Gasteiger partial charge on any atom is 0.187 e. The fraction of sp³-hybridized carbons (Fsp3) is 0.905. The first-order chi connectivity index (χ1) is 14.9. The van der Waals surface area contributed by atoms with Gasteiger partial charge < -0.3 is 54.7 Å². The number of aliphatic hydroxyl groups is 7. The first-order valence-corrected chi connectivity index (χ1v) is 10.8. The molecule has 2 heterocycles. The minimum absolute atomic E-state index is 0.397. The summed E-state index contributed by atoms with van der Waals surface area (Å²) in [5.41, 5.74) is 0.459. The summed E-state index contributed by atoms with van der Waals surface area (Å²) < 4.78 is 22.2. The molecule has 7 N–H and O–H groups in total. The molecule has 2 saturated heterocycles. The molecule has 0 aromatic heterocycles. The van der Waals surface area contributed by atoms with Crippen molar-refractivity contribution in [3.8, 4) is 0 Å². The van der Waals surface area contributed by atoms with Crippen molar-refractivity contribution in [1.82, 2.24) is 0 Å². The lowest BCUT2D eigenvalue weighted by atomic mass is 9.97. The van der Waals surface area contributed by atoms with E-state index in [0.717, 1.165) is 6.42 Å². The Morgan fingerprint density at radius 1 is 0.812 bits per heavy atom. The van der Waals surface area contributed by atoms with Crippen LogP contribution in [-0.2, 0) is 18.9 Å². The van der Waals surface area contributed by atoms with Crippen LogP contribution in [0.25, 0.3) is 0 Å². The molecule has 2 fully saturated rings. The Labute approximate surface area is 187 Å². The first kappa shape index (κ1) is 27.5. The van der Waals surface area contributed by atoms with Crippen molar-refractivity contribution in [2.24, 2.45) is 0 Å². The molecule has 11 nitrogen and oxygen atoms in total. The van der Waals surface area contributed by atoms with Crippen molar-refractivity contribution < 1.29 is 54.7 Å². The van der Waals surface area contributed by atoms with Crippen molar-refractivity contribution in [2.75, 3.05) is 13.2 Å². The molecule has 0 aliphatic carbocycles. The number of hydrogen-bond acceptors (Lipinski definition) is 11. The van der Waals surface area contributed by atoms with Gasteiger partial charge in [0.25, 0.3) is 0 Å². The molecular formula is C21H38O11. The quantitative estimate of drug-likeness (QED) is 0.190. The monoisotopic (exact) mass is 466 g/mol. The van der Waals surface area contributed by atoms with Gasteiger partial charge in [-0.2, -0.15) is 0 Å². The predicted octanol–water partition coefficient (Wildman–Crippen LogP) is -1.85. The lowest BCUT2D eigenvalue weighted by Gasteiger charge is -2.44. The molecule has 0 spiro atoms. The number of allylic oxidation sites excluding steroid dienone is 2. The molecule has 0 amide bonds. The highest BCUT2D eigenvalue weighted by Gasteiger charge is 2.48. The van der Waals surface area contributed by atoms with Gasteiger partial charge >= 0.3 is 0 Å². The summed E-state index contributed by atoms with van der Waals surface area (Å²) in [5, 5.41) is 69.9. The van der Waals surface area contributed by atoms with E-state index in [-0.39, 0.29) is 0 Å². The Kier molecular flexibility index (Phi) is 10.0. The van der Waals surface area contributed by atoms with Gasteiger partial charge in [0.2, 0.25) is 0 Å². The molecule has 2 rings (SSSR count). The minimum atomic E-state index is -1.62. The highest BCUT2D eigenvalue weighted by Crippen LogP contribution is 2.29. The van der Waals surface area contributed by atoms with Gasteiger partial charge in [0.1, 0.15) is 48.8 Å². The van der Waals surface area contributed by atoms with Gasteiger partial charge in [-0.25, -0.2) is 0 Å². The van der Waals surface area contributed by atoms with Crippen LogP contribution in [0, 0.1) is 0 Å². The van der Waals surface area contributed by atoms with Crippen LogP contribution in [0.1, 0.15) is 40.5 Å². The third kappa shape index (κ3) is 6.90. The molecule has 0 aromatic carbocycles. The third-order valence-electron chi connectivity index (χ3n) is 5.68. The Bertz CT molecular complexity index is 607. The zero-order valence-electron chi connectivity index (χ0n) is 18.9. The fourth-order valence-electron chi connectivity index (χ4n) is 3.63. The number of rotatable bonds is 9. The lowest BCUT2D eigenvalue weighted by molar-refractivity contribution is -0.342. The molecule has 0 bridgehead atoms. The summed E-state index contributed by atoms with van der Waals surface area (Å²) in [4.78, 5) is 0. The lowest BCUT2D eigenvalue weighted by Crippen LogP contribution is -2.62. The standard InChI is InChI=1S/C21H38O11/c1-10(2)6-5-7-21(3,4)32-20-18(28)16(26)14(24)12(31-20)9-29-19-17(27)15(25)13(23)11(8-22)30-19/h6,11-20,22-28H,5,7-9H2,1-4H3. The van der Waals surface area contributed by atoms with E-state index in [0.29, 0.717) is 6.42 Å². The SMILES string of the molecule is CC(C)=CCCC(C)(C)OC1OC(COC2OC(CO)C(O)C(O)C2O)C(O)C(O)C1O. The topological polar surface area (TPSA) is 179 Å². The van der Waals surface area contributed by atoms with Crippen LogP contribution < -0.4 is 0 Å².